The van der Waals surface area contributed by atoms with Gasteiger partial charge >= 0.3 is 17.9 Å². The van der Waals surface area contributed by atoms with Gasteiger partial charge in [-0.1, -0.05) is 108 Å². The van der Waals surface area contributed by atoms with E-state index in [0.717, 1.165) is 31.2 Å². The Bertz CT molecular complexity index is 1730. The van der Waals surface area contributed by atoms with E-state index in [4.69, 9.17) is 35.0 Å². The summed E-state index contributed by atoms with van der Waals surface area (Å²) in [4.78, 5) is 35.7. The molecule has 0 aliphatic rings. The predicted octanol–water partition coefficient (Wildman–Crippen LogP) is 6.99. The van der Waals surface area contributed by atoms with Crippen LogP contribution in [0.5, 0.6) is 17.2 Å². The molecule has 0 aliphatic carbocycles. The number of unbranched alkanes of at least 4 members (excludes halogenated alkanes) is 1. The molecule has 0 saturated heterocycles. The summed E-state index contributed by atoms with van der Waals surface area (Å²) >= 11 is 0. The predicted molar refractivity (Wildman–Crippen MR) is 222 cm³/mol. The highest BCUT2D eigenvalue weighted by Gasteiger charge is 2.15. The van der Waals surface area contributed by atoms with Gasteiger partial charge in [-0.05, 0) is 65.8 Å². The molecule has 4 aromatic rings. The molecule has 1 atom stereocenters. The Morgan fingerprint density at radius 1 is 0.621 bits per heavy atom. The Balaban J connectivity index is 0.000000406. The molecule has 0 saturated carbocycles. The molecule has 0 aromatic heterocycles. The normalized spacial score (nSPS) is 10.8. The lowest BCUT2D eigenvalue weighted by Crippen LogP contribution is -2.32. The topological polar surface area (TPSA) is 215 Å². The third kappa shape index (κ3) is 20.1. The van der Waals surface area contributed by atoms with Gasteiger partial charge in [-0.15, -0.1) is 0 Å². The number of hydrogen-bond donors (Lipinski definition) is 7. The zero-order valence-electron chi connectivity index (χ0n) is 34.0. The number of phenols is 3. The number of carboxylic acid groups (broad SMARTS) is 1. The first-order valence-corrected chi connectivity index (χ1v) is 19.4. The Labute approximate surface area is 341 Å². The van der Waals surface area contributed by atoms with Crippen LogP contribution in [-0.2, 0) is 16.1 Å². The molecule has 0 spiro atoms. The molecule has 4 aromatic carbocycles. The molecule has 0 radical (unpaired) electrons. The van der Waals surface area contributed by atoms with E-state index in [9.17, 15) is 24.6 Å². The van der Waals surface area contributed by atoms with Crippen molar-refractivity contribution in [3.05, 3.63) is 125 Å². The number of nitrogens with zero attached hydrogens (tertiary/aromatic N) is 1. The number of aliphatic hydroxyl groups is 3. The highest BCUT2D eigenvalue weighted by Crippen LogP contribution is 2.20. The number of carbonyl (C=O) groups is 3. The van der Waals surface area contributed by atoms with E-state index in [-0.39, 0.29) is 60.4 Å². The molecule has 1 unspecified atom stereocenters. The first-order chi connectivity index (χ1) is 27.8. The van der Waals surface area contributed by atoms with Gasteiger partial charge in [-0.2, -0.15) is 0 Å². The number of phenolic OH excluding ortho intramolecular Hbond substituents is 2. The fourth-order valence-corrected chi connectivity index (χ4v) is 5.10. The van der Waals surface area contributed by atoms with Gasteiger partial charge in [0.2, 0.25) is 0 Å². The Morgan fingerprint density at radius 3 is 1.41 bits per heavy atom. The van der Waals surface area contributed by atoms with Gasteiger partial charge in [0.05, 0.1) is 26.4 Å². The summed E-state index contributed by atoms with van der Waals surface area (Å²) < 4.78 is 10.5. The van der Waals surface area contributed by atoms with Crippen LogP contribution in [0.25, 0.3) is 0 Å². The molecular formula is C45H61NO12. The third-order valence-electron chi connectivity index (χ3n) is 8.64. The van der Waals surface area contributed by atoms with E-state index in [1.54, 1.807) is 53.4 Å². The highest BCUT2D eigenvalue weighted by atomic mass is 16.5. The summed E-state index contributed by atoms with van der Waals surface area (Å²) in [5.74, 6) is -1.46. The van der Waals surface area contributed by atoms with Crippen LogP contribution in [-0.4, -0.2) is 105 Å². The second-order valence-electron chi connectivity index (χ2n) is 13.4. The van der Waals surface area contributed by atoms with Crippen LogP contribution in [0.1, 0.15) is 101 Å². The standard InChI is InChI=1S/C17H18O3.C15H22O3.C7H6O3.C6H15NO3/c1-12(2)14-9-7-13(8-10-14)11-20-17(19)15-5-3-4-6-16(15)18;1-3-5-8-12(4-2)11-18-15(17)13-9-6-7-10-14(13)16;8-6-4-2-1-3-5(6)7(9)10;8-4-1-7(2-5-9)3-6-10/h3-10,12,18H,11H2,1-2H3;6-7,9-10,12,16H,3-5,8,11H2,1-2H3;1-4,8H,(H,9,10);8-10H,1-6H2. The van der Waals surface area contributed by atoms with Crippen molar-refractivity contribution in [2.75, 3.05) is 46.1 Å². The number of aromatic hydroxyl groups is 3. The molecule has 0 fully saturated rings. The van der Waals surface area contributed by atoms with Crippen molar-refractivity contribution < 1.29 is 59.6 Å². The largest absolute Gasteiger partial charge is 0.507 e. The maximum absolute atomic E-state index is 11.8. The van der Waals surface area contributed by atoms with E-state index in [1.807, 2.05) is 24.3 Å². The fraction of sp³-hybridized carbons (Fsp3) is 0.400. The molecular weight excluding hydrogens is 746 g/mol. The van der Waals surface area contributed by atoms with Crippen molar-refractivity contribution in [3.63, 3.8) is 0 Å². The van der Waals surface area contributed by atoms with E-state index >= 15 is 0 Å². The number of rotatable bonds is 18. The lowest BCUT2D eigenvalue weighted by atomic mass is 10.0. The van der Waals surface area contributed by atoms with E-state index in [2.05, 4.69) is 27.7 Å². The monoisotopic (exact) mass is 807 g/mol. The Hall–Kier alpha value is -5.47. The maximum Gasteiger partial charge on any atom is 0.342 e. The minimum Gasteiger partial charge on any atom is -0.507 e. The first kappa shape index (κ1) is 50.5. The minimum absolute atomic E-state index is 0.0240. The average Bonchev–Trinajstić information content (AvgIpc) is 3.21. The molecule has 7 N–H and O–H groups in total. The third-order valence-corrected chi connectivity index (χ3v) is 8.64. The SMILES string of the molecule is CC(C)c1ccc(COC(=O)c2ccccc2O)cc1.CCCCC(CC)COC(=O)c1ccccc1O.O=C(O)c1ccccc1O.OCCN(CCO)CCO. The first-order valence-electron chi connectivity index (χ1n) is 19.4. The molecule has 0 bridgehead atoms. The second kappa shape index (κ2) is 29.7. The van der Waals surface area contributed by atoms with E-state index < -0.39 is 17.9 Å². The average molecular weight is 808 g/mol. The number of carbonyl (C=O) groups excluding carboxylic acids is 2. The number of para-hydroxylation sites is 3. The molecule has 318 valence electrons. The summed E-state index contributed by atoms with van der Waals surface area (Å²) in [6.45, 7) is 10.9. The molecule has 0 heterocycles. The van der Waals surface area contributed by atoms with E-state index in [1.165, 1.54) is 29.8 Å². The van der Waals surface area contributed by atoms with Crippen LogP contribution in [0.4, 0.5) is 0 Å². The lowest BCUT2D eigenvalue weighted by molar-refractivity contribution is 0.0423. The molecule has 0 amide bonds. The molecule has 0 aliphatic heterocycles. The summed E-state index contributed by atoms with van der Waals surface area (Å²) in [7, 11) is 0. The van der Waals surface area contributed by atoms with Crippen molar-refractivity contribution in [1.82, 2.24) is 4.90 Å². The van der Waals surface area contributed by atoms with Crippen molar-refractivity contribution in [3.8, 4) is 17.2 Å². The van der Waals surface area contributed by atoms with Crippen molar-refractivity contribution in [1.29, 1.82) is 0 Å². The van der Waals surface area contributed by atoms with Gasteiger partial charge in [0.1, 0.15) is 40.5 Å². The summed E-state index contributed by atoms with van der Waals surface area (Å²) in [5, 5.41) is 61.9. The zero-order valence-corrected chi connectivity index (χ0v) is 34.0. The van der Waals surface area contributed by atoms with Gasteiger partial charge in [-0.25, -0.2) is 14.4 Å². The van der Waals surface area contributed by atoms with Crippen molar-refractivity contribution in [2.45, 2.75) is 65.9 Å². The van der Waals surface area contributed by atoms with Crippen LogP contribution in [0.15, 0.2) is 97.1 Å². The summed E-state index contributed by atoms with van der Waals surface area (Å²) in [6.07, 6.45) is 4.41. The summed E-state index contributed by atoms with van der Waals surface area (Å²) in [6, 6.07) is 26.6. The number of esters is 2. The zero-order chi connectivity index (χ0) is 43.3. The Kier molecular flexibility index (Phi) is 25.9. The number of aliphatic hydroxyl groups excluding tert-OH is 3. The minimum atomic E-state index is -1.11. The second-order valence-corrected chi connectivity index (χ2v) is 13.4. The number of hydrogen-bond acceptors (Lipinski definition) is 12. The van der Waals surface area contributed by atoms with Crippen LogP contribution < -0.4 is 0 Å². The number of aromatic carboxylic acids is 1. The van der Waals surface area contributed by atoms with Gasteiger partial charge in [0.15, 0.2) is 0 Å². The number of carboxylic acids is 1. The molecule has 58 heavy (non-hydrogen) atoms. The molecule has 13 heteroatoms. The fourth-order valence-electron chi connectivity index (χ4n) is 5.10. The Morgan fingerprint density at radius 2 is 1.05 bits per heavy atom. The lowest BCUT2D eigenvalue weighted by Gasteiger charge is -2.17. The highest BCUT2D eigenvalue weighted by molar-refractivity contribution is 5.93. The van der Waals surface area contributed by atoms with Crippen LogP contribution in [0.2, 0.25) is 0 Å². The van der Waals surface area contributed by atoms with Crippen LogP contribution >= 0.6 is 0 Å². The van der Waals surface area contributed by atoms with Gasteiger partial charge in [0, 0.05) is 19.6 Å². The smallest absolute Gasteiger partial charge is 0.342 e. The number of ether oxygens (including phenoxy) is 2. The maximum atomic E-state index is 11.8. The van der Waals surface area contributed by atoms with Crippen LogP contribution in [0.3, 0.4) is 0 Å². The van der Waals surface area contributed by atoms with Gasteiger partial charge < -0.3 is 45.2 Å². The van der Waals surface area contributed by atoms with Crippen molar-refractivity contribution in [2.24, 2.45) is 5.92 Å². The quantitative estimate of drug-likeness (QED) is 0.0506. The van der Waals surface area contributed by atoms with Crippen molar-refractivity contribution >= 4 is 17.9 Å². The summed E-state index contributed by atoms with van der Waals surface area (Å²) in [5.41, 5.74) is 2.54. The number of benzene rings is 4. The van der Waals surface area contributed by atoms with Crippen LogP contribution in [0, 0.1) is 5.92 Å². The van der Waals surface area contributed by atoms with Gasteiger partial charge in [-0.3, -0.25) is 4.90 Å². The molecule has 13 nitrogen and oxygen atoms in total. The van der Waals surface area contributed by atoms with Gasteiger partial charge in [0.25, 0.3) is 0 Å². The molecule has 4 rings (SSSR count). The van der Waals surface area contributed by atoms with E-state index in [0.29, 0.717) is 38.1 Å².